The summed E-state index contributed by atoms with van der Waals surface area (Å²) in [7, 11) is 4.71. The number of hydrogen-bond acceptors (Lipinski definition) is 7. The van der Waals surface area contributed by atoms with Gasteiger partial charge in [-0.05, 0) is 55.3 Å². The first kappa shape index (κ1) is 29.2. The molecule has 0 N–H and O–H groups in total. The predicted molar refractivity (Wildman–Crippen MR) is 170 cm³/mol. The second-order valence-corrected chi connectivity index (χ2v) is 11.9. The summed E-state index contributed by atoms with van der Waals surface area (Å²) < 4.78 is 18.1. The Labute approximate surface area is 255 Å². The highest BCUT2D eigenvalue weighted by Crippen LogP contribution is 2.48. The van der Waals surface area contributed by atoms with Gasteiger partial charge in [-0.15, -0.1) is 11.3 Å². The number of methoxy groups -OCH3 is 3. The SMILES string of the molecule is COc1cc(/C=N/c2sc3c(c2C#N)C=C(/C=C\c2c(C)nn(-c4ccccc4)c2Cl)CC3(C)C)cc(OC)c1OC. The standard InChI is InChI=1S/C33H31ClN4O3S/c1-20-24(31(34)38(37-20)23-10-8-7-9-11-23)13-12-21-14-25-26(18-35)32(42-30(25)33(2,3)17-21)36-19-22-15-27(39-4)29(41-6)28(16-22)40-5/h7-16,19H,17H2,1-6H3/b13-12-,36-19+. The summed E-state index contributed by atoms with van der Waals surface area (Å²) in [5, 5.41) is 16.1. The van der Waals surface area contributed by atoms with Crippen molar-refractivity contribution >= 4 is 46.3 Å². The molecule has 42 heavy (non-hydrogen) atoms. The zero-order chi connectivity index (χ0) is 30.0. The van der Waals surface area contributed by atoms with Crippen molar-refractivity contribution < 1.29 is 14.2 Å². The summed E-state index contributed by atoms with van der Waals surface area (Å²) in [4.78, 5) is 5.88. The lowest BCUT2D eigenvalue weighted by molar-refractivity contribution is 0.324. The molecule has 2 aromatic carbocycles. The van der Waals surface area contributed by atoms with Gasteiger partial charge in [0.2, 0.25) is 5.75 Å². The molecule has 0 spiro atoms. The Morgan fingerprint density at radius 1 is 1.07 bits per heavy atom. The van der Waals surface area contributed by atoms with Gasteiger partial charge in [0.05, 0.1) is 38.3 Å². The van der Waals surface area contributed by atoms with E-state index in [1.165, 1.54) is 0 Å². The molecule has 7 nitrogen and oxygen atoms in total. The van der Waals surface area contributed by atoms with Crippen molar-refractivity contribution in [3.63, 3.8) is 0 Å². The first-order chi connectivity index (χ1) is 20.2. The molecule has 2 heterocycles. The van der Waals surface area contributed by atoms with Crippen LogP contribution in [-0.4, -0.2) is 37.3 Å². The lowest BCUT2D eigenvalue weighted by atomic mass is 9.77. The van der Waals surface area contributed by atoms with Crippen molar-refractivity contribution in [2.24, 2.45) is 4.99 Å². The molecule has 0 aliphatic heterocycles. The second kappa shape index (κ2) is 11.9. The maximum absolute atomic E-state index is 10.2. The van der Waals surface area contributed by atoms with Crippen molar-refractivity contribution in [3.05, 3.63) is 92.1 Å². The summed E-state index contributed by atoms with van der Waals surface area (Å²) in [6.07, 6.45) is 8.71. The van der Waals surface area contributed by atoms with Gasteiger partial charge in [0, 0.05) is 33.2 Å². The van der Waals surface area contributed by atoms with E-state index in [9.17, 15) is 5.26 Å². The van der Waals surface area contributed by atoms with E-state index in [0.717, 1.165) is 44.9 Å². The van der Waals surface area contributed by atoms with E-state index in [4.69, 9.17) is 30.8 Å². The molecule has 0 saturated carbocycles. The number of rotatable bonds is 8. The third kappa shape index (κ3) is 5.46. The molecule has 0 radical (unpaired) electrons. The Hall–Kier alpha value is -4.32. The highest BCUT2D eigenvalue weighted by atomic mass is 35.5. The number of aryl methyl sites for hydroxylation is 1. The molecule has 214 valence electrons. The number of aliphatic imine (C=N–C) groups is 1. The zero-order valence-electron chi connectivity index (χ0n) is 24.4. The van der Waals surface area contributed by atoms with Crippen LogP contribution in [0.4, 0.5) is 5.00 Å². The maximum Gasteiger partial charge on any atom is 0.203 e. The fraction of sp³-hybridized carbons (Fsp3) is 0.242. The third-order valence-corrected chi connectivity index (χ3v) is 9.00. The quantitative estimate of drug-likeness (QED) is 0.190. The minimum Gasteiger partial charge on any atom is -0.493 e. The van der Waals surface area contributed by atoms with Crippen LogP contribution in [0.3, 0.4) is 0 Å². The normalized spacial score (nSPS) is 14.1. The number of nitrogens with zero attached hydrogens (tertiary/aromatic N) is 4. The Bertz CT molecular complexity index is 1750. The van der Waals surface area contributed by atoms with Crippen molar-refractivity contribution in [1.29, 1.82) is 5.26 Å². The van der Waals surface area contributed by atoms with Crippen LogP contribution >= 0.6 is 22.9 Å². The Kier molecular flexibility index (Phi) is 8.26. The average molecular weight is 599 g/mol. The van der Waals surface area contributed by atoms with Gasteiger partial charge in [0.15, 0.2) is 11.5 Å². The van der Waals surface area contributed by atoms with Crippen LogP contribution < -0.4 is 14.2 Å². The summed E-state index contributed by atoms with van der Waals surface area (Å²) in [6.45, 7) is 6.35. The molecule has 0 bridgehead atoms. The van der Waals surface area contributed by atoms with E-state index >= 15 is 0 Å². The van der Waals surface area contributed by atoms with Gasteiger partial charge in [0.25, 0.3) is 0 Å². The van der Waals surface area contributed by atoms with Crippen LogP contribution in [-0.2, 0) is 5.41 Å². The van der Waals surface area contributed by atoms with Crippen molar-refractivity contribution in [2.45, 2.75) is 32.6 Å². The summed E-state index contributed by atoms with van der Waals surface area (Å²) in [6, 6.07) is 15.9. The lowest BCUT2D eigenvalue weighted by Gasteiger charge is -2.29. The molecule has 0 saturated heterocycles. The van der Waals surface area contributed by atoms with Gasteiger partial charge >= 0.3 is 0 Å². The molecule has 2 aromatic heterocycles. The number of aromatic nitrogens is 2. The van der Waals surface area contributed by atoms with E-state index in [2.05, 4.69) is 37.2 Å². The minimum absolute atomic E-state index is 0.187. The van der Waals surface area contributed by atoms with Crippen molar-refractivity contribution in [2.75, 3.05) is 21.3 Å². The van der Waals surface area contributed by atoms with E-state index in [0.29, 0.717) is 33.0 Å². The van der Waals surface area contributed by atoms with Gasteiger partial charge in [-0.1, -0.05) is 49.7 Å². The summed E-state index contributed by atoms with van der Waals surface area (Å²) in [5.41, 5.74) is 5.77. The van der Waals surface area contributed by atoms with Crippen molar-refractivity contribution in [1.82, 2.24) is 9.78 Å². The fourth-order valence-electron chi connectivity index (χ4n) is 5.15. The van der Waals surface area contributed by atoms with Crippen LogP contribution in [0.1, 0.15) is 53.1 Å². The summed E-state index contributed by atoms with van der Waals surface area (Å²) in [5.74, 6) is 1.58. The highest BCUT2D eigenvalue weighted by molar-refractivity contribution is 7.16. The average Bonchev–Trinajstić information content (AvgIpc) is 3.50. The first-order valence-electron chi connectivity index (χ1n) is 13.3. The van der Waals surface area contributed by atoms with Crippen molar-refractivity contribution in [3.8, 4) is 29.0 Å². The number of benzene rings is 2. The Morgan fingerprint density at radius 3 is 2.38 bits per heavy atom. The monoisotopic (exact) mass is 598 g/mol. The Morgan fingerprint density at radius 2 is 1.76 bits per heavy atom. The van der Waals surface area contributed by atoms with Crippen LogP contribution in [0, 0.1) is 18.3 Å². The largest absolute Gasteiger partial charge is 0.493 e. The molecule has 0 fully saturated rings. The van der Waals surface area contributed by atoms with Crippen LogP contribution in [0.2, 0.25) is 5.15 Å². The number of fused-ring (bicyclic) bond motifs is 1. The molecule has 5 rings (SSSR count). The van der Waals surface area contributed by atoms with Gasteiger partial charge in [-0.3, -0.25) is 0 Å². The van der Waals surface area contributed by atoms with Crippen LogP contribution in [0.5, 0.6) is 17.2 Å². The zero-order valence-corrected chi connectivity index (χ0v) is 25.9. The highest BCUT2D eigenvalue weighted by Gasteiger charge is 2.33. The second-order valence-electron chi connectivity index (χ2n) is 10.5. The number of nitriles is 1. The van der Waals surface area contributed by atoms with Gasteiger partial charge in [-0.2, -0.15) is 10.4 Å². The number of ether oxygens (including phenoxy) is 3. The van der Waals surface area contributed by atoms with E-state index in [1.807, 2.05) is 55.5 Å². The number of hydrogen-bond donors (Lipinski definition) is 0. The van der Waals surface area contributed by atoms with Gasteiger partial charge < -0.3 is 14.2 Å². The fourth-order valence-corrected chi connectivity index (χ4v) is 6.66. The van der Waals surface area contributed by atoms with E-state index < -0.39 is 0 Å². The molecule has 1 aliphatic carbocycles. The molecule has 1 aliphatic rings. The maximum atomic E-state index is 10.2. The van der Waals surface area contributed by atoms with E-state index in [-0.39, 0.29) is 5.41 Å². The smallest absolute Gasteiger partial charge is 0.203 e. The van der Waals surface area contributed by atoms with Crippen LogP contribution in [0.25, 0.3) is 17.8 Å². The van der Waals surface area contributed by atoms with Crippen LogP contribution in [0.15, 0.2) is 59.1 Å². The topological polar surface area (TPSA) is 81.7 Å². The predicted octanol–water partition coefficient (Wildman–Crippen LogP) is 8.32. The molecule has 9 heteroatoms. The molecule has 0 amide bonds. The van der Waals surface area contributed by atoms with E-state index in [1.54, 1.807) is 43.6 Å². The Balaban J connectivity index is 1.49. The molecule has 0 unspecified atom stereocenters. The number of thiophene rings is 1. The molecule has 0 atom stereocenters. The molecule has 4 aromatic rings. The minimum atomic E-state index is -0.187. The summed E-state index contributed by atoms with van der Waals surface area (Å²) >= 11 is 8.31. The van der Waals surface area contributed by atoms with Gasteiger partial charge in [0.1, 0.15) is 16.2 Å². The number of halogens is 1. The third-order valence-electron chi connectivity index (χ3n) is 7.16. The molecular weight excluding hydrogens is 568 g/mol. The molecular formula is C33H31ClN4O3S. The van der Waals surface area contributed by atoms with Gasteiger partial charge in [-0.25, -0.2) is 9.67 Å². The first-order valence-corrected chi connectivity index (χ1v) is 14.5. The lowest BCUT2D eigenvalue weighted by Crippen LogP contribution is -2.20. The number of para-hydroxylation sites is 1. The number of allylic oxidation sites excluding steroid dienone is 2.